The van der Waals surface area contributed by atoms with Gasteiger partial charge in [0.05, 0.1) is 28.9 Å². The number of benzene rings is 2. The van der Waals surface area contributed by atoms with Crippen LogP contribution >= 0.6 is 23.4 Å². The normalized spacial score (nSPS) is 17.5. The predicted molar refractivity (Wildman–Crippen MR) is 118 cm³/mol. The molecule has 1 amide bonds. The Bertz CT molecular complexity index is 986. The van der Waals surface area contributed by atoms with E-state index in [1.165, 1.54) is 17.3 Å². The third-order valence-corrected chi connectivity index (χ3v) is 6.36. The van der Waals surface area contributed by atoms with Gasteiger partial charge in [-0.2, -0.15) is 0 Å². The number of rotatable bonds is 7. The highest BCUT2D eigenvalue weighted by molar-refractivity contribution is 8.00. The molecule has 1 fully saturated rings. The molecule has 1 aliphatic heterocycles. The molecule has 152 valence electrons. The molecule has 4 rings (SSSR count). The van der Waals surface area contributed by atoms with Crippen LogP contribution in [-0.4, -0.2) is 40.0 Å². The Morgan fingerprint density at radius 2 is 2.17 bits per heavy atom. The maximum absolute atomic E-state index is 12.6. The Morgan fingerprint density at radius 3 is 2.93 bits per heavy atom. The van der Waals surface area contributed by atoms with Crippen LogP contribution in [0.1, 0.15) is 25.3 Å². The molecule has 2 aromatic carbocycles. The lowest BCUT2D eigenvalue weighted by Crippen LogP contribution is -2.36. The standard InChI is InChI=1S/C22H24ClN3O2S/c1-15(21(27)24-13-18-8-5-11-28-18)29-22-25-19-12-17(23)9-10-20(19)26(22)14-16-6-3-2-4-7-16/h2-4,6-7,9-10,12,15,18H,5,8,11,13-14H2,1H3,(H,24,27)/t15-,18-/m0/s1. The number of fused-ring (bicyclic) bond motifs is 1. The number of imidazole rings is 1. The fourth-order valence-electron chi connectivity index (χ4n) is 3.46. The molecule has 29 heavy (non-hydrogen) atoms. The first-order valence-corrected chi connectivity index (χ1v) is 11.1. The van der Waals surface area contributed by atoms with Gasteiger partial charge in [-0.3, -0.25) is 4.79 Å². The van der Waals surface area contributed by atoms with Crippen LogP contribution in [0.15, 0.2) is 53.7 Å². The number of halogens is 1. The molecule has 1 aromatic heterocycles. The summed E-state index contributed by atoms with van der Waals surface area (Å²) in [5.41, 5.74) is 3.02. The minimum absolute atomic E-state index is 0.00171. The summed E-state index contributed by atoms with van der Waals surface area (Å²) < 4.78 is 7.74. The van der Waals surface area contributed by atoms with Crippen LogP contribution in [0.2, 0.25) is 5.02 Å². The second-order valence-electron chi connectivity index (χ2n) is 7.24. The van der Waals surface area contributed by atoms with E-state index in [9.17, 15) is 4.79 Å². The molecule has 7 heteroatoms. The highest BCUT2D eigenvalue weighted by Crippen LogP contribution is 2.29. The summed E-state index contributed by atoms with van der Waals surface area (Å²) in [5, 5.41) is 4.21. The van der Waals surface area contributed by atoms with Gasteiger partial charge in [0.1, 0.15) is 0 Å². The van der Waals surface area contributed by atoms with Gasteiger partial charge in [-0.05, 0) is 43.5 Å². The van der Waals surface area contributed by atoms with Crippen molar-refractivity contribution >= 4 is 40.3 Å². The number of nitrogens with zero attached hydrogens (tertiary/aromatic N) is 2. The second kappa shape index (κ2) is 9.20. The van der Waals surface area contributed by atoms with E-state index in [0.29, 0.717) is 18.1 Å². The lowest BCUT2D eigenvalue weighted by atomic mass is 10.2. The Kier molecular flexibility index (Phi) is 6.43. The van der Waals surface area contributed by atoms with Crippen LogP contribution in [0.3, 0.4) is 0 Å². The molecule has 0 saturated carbocycles. The van der Waals surface area contributed by atoms with Gasteiger partial charge < -0.3 is 14.6 Å². The van der Waals surface area contributed by atoms with Gasteiger partial charge in [-0.25, -0.2) is 4.98 Å². The summed E-state index contributed by atoms with van der Waals surface area (Å²) in [6.07, 6.45) is 2.22. The van der Waals surface area contributed by atoms with Crippen molar-refractivity contribution in [2.45, 2.75) is 42.8 Å². The zero-order valence-corrected chi connectivity index (χ0v) is 17.9. The predicted octanol–water partition coefficient (Wildman–Crippen LogP) is 4.51. The van der Waals surface area contributed by atoms with Crippen LogP contribution in [0.5, 0.6) is 0 Å². The molecule has 3 aromatic rings. The van der Waals surface area contributed by atoms with E-state index in [0.717, 1.165) is 35.6 Å². The van der Waals surface area contributed by atoms with Gasteiger partial charge in [0.25, 0.3) is 0 Å². The Hall–Kier alpha value is -2.02. The van der Waals surface area contributed by atoms with Crippen molar-refractivity contribution in [3.05, 3.63) is 59.1 Å². The number of hydrogen-bond donors (Lipinski definition) is 1. The smallest absolute Gasteiger partial charge is 0.233 e. The number of hydrogen-bond acceptors (Lipinski definition) is 4. The molecular formula is C22H24ClN3O2S. The van der Waals surface area contributed by atoms with E-state index >= 15 is 0 Å². The number of ether oxygens (including phenoxy) is 1. The van der Waals surface area contributed by atoms with E-state index in [1.807, 2.05) is 43.3 Å². The quantitative estimate of drug-likeness (QED) is 0.561. The molecule has 0 spiro atoms. The van der Waals surface area contributed by atoms with E-state index in [4.69, 9.17) is 21.3 Å². The van der Waals surface area contributed by atoms with Crippen molar-refractivity contribution < 1.29 is 9.53 Å². The molecule has 0 unspecified atom stereocenters. The molecule has 1 aliphatic rings. The monoisotopic (exact) mass is 429 g/mol. The molecule has 2 heterocycles. The SMILES string of the molecule is C[C@H](Sc1nc2cc(Cl)ccc2n1Cc1ccccc1)C(=O)NC[C@@H]1CCCO1. The third kappa shape index (κ3) is 4.94. The van der Waals surface area contributed by atoms with E-state index in [1.54, 1.807) is 0 Å². The highest BCUT2D eigenvalue weighted by atomic mass is 35.5. The average molecular weight is 430 g/mol. The summed E-state index contributed by atoms with van der Waals surface area (Å²) in [6.45, 7) is 3.96. The Labute approximate surface area is 179 Å². The van der Waals surface area contributed by atoms with Crippen molar-refractivity contribution in [2.75, 3.05) is 13.2 Å². The van der Waals surface area contributed by atoms with Crippen molar-refractivity contribution in [1.29, 1.82) is 0 Å². The Morgan fingerprint density at radius 1 is 1.34 bits per heavy atom. The molecule has 0 aliphatic carbocycles. The van der Waals surface area contributed by atoms with Crippen LogP contribution < -0.4 is 5.32 Å². The number of nitrogens with one attached hydrogen (secondary N) is 1. The van der Waals surface area contributed by atoms with Crippen LogP contribution in [0.25, 0.3) is 11.0 Å². The highest BCUT2D eigenvalue weighted by Gasteiger charge is 2.22. The van der Waals surface area contributed by atoms with E-state index < -0.39 is 0 Å². The average Bonchev–Trinajstić information content (AvgIpc) is 3.35. The summed E-state index contributed by atoms with van der Waals surface area (Å²) in [5.74, 6) is 0.00171. The van der Waals surface area contributed by atoms with Crippen molar-refractivity contribution in [3.8, 4) is 0 Å². The van der Waals surface area contributed by atoms with Crippen molar-refractivity contribution in [3.63, 3.8) is 0 Å². The van der Waals surface area contributed by atoms with Gasteiger partial charge in [0.2, 0.25) is 5.91 Å². The van der Waals surface area contributed by atoms with Crippen LogP contribution in [-0.2, 0) is 16.1 Å². The van der Waals surface area contributed by atoms with Gasteiger partial charge >= 0.3 is 0 Å². The zero-order valence-electron chi connectivity index (χ0n) is 16.3. The lowest BCUT2D eigenvalue weighted by molar-refractivity contribution is -0.120. The maximum Gasteiger partial charge on any atom is 0.233 e. The Balaban J connectivity index is 1.53. The number of carbonyl (C=O) groups excluding carboxylic acids is 1. The number of carbonyl (C=O) groups is 1. The summed E-state index contributed by atoms with van der Waals surface area (Å²) in [7, 11) is 0. The minimum Gasteiger partial charge on any atom is -0.376 e. The van der Waals surface area contributed by atoms with Gasteiger partial charge in [0, 0.05) is 18.2 Å². The third-order valence-electron chi connectivity index (χ3n) is 5.04. The molecule has 5 nitrogen and oxygen atoms in total. The number of thioether (sulfide) groups is 1. The second-order valence-corrected chi connectivity index (χ2v) is 8.98. The molecule has 0 radical (unpaired) electrons. The number of aromatic nitrogens is 2. The van der Waals surface area contributed by atoms with Gasteiger partial charge in [-0.15, -0.1) is 0 Å². The molecule has 2 atom stereocenters. The van der Waals surface area contributed by atoms with Crippen LogP contribution in [0, 0.1) is 0 Å². The molecule has 1 N–H and O–H groups in total. The first-order valence-electron chi connectivity index (χ1n) is 9.86. The maximum atomic E-state index is 12.6. The van der Waals surface area contributed by atoms with E-state index in [-0.39, 0.29) is 17.3 Å². The molecule has 0 bridgehead atoms. The van der Waals surface area contributed by atoms with Gasteiger partial charge in [-0.1, -0.05) is 53.7 Å². The minimum atomic E-state index is -0.266. The summed E-state index contributed by atoms with van der Waals surface area (Å²) in [4.78, 5) is 17.4. The fourth-order valence-corrected chi connectivity index (χ4v) is 4.58. The first kappa shape index (κ1) is 20.3. The fraction of sp³-hybridized carbons (Fsp3) is 0.364. The molecule has 1 saturated heterocycles. The zero-order chi connectivity index (χ0) is 20.2. The topological polar surface area (TPSA) is 56.2 Å². The summed E-state index contributed by atoms with van der Waals surface area (Å²) in [6, 6.07) is 16.0. The van der Waals surface area contributed by atoms with E-state index in [2.05, 4.69) is 22.0 Å². The van der Waals surface area contributed by atoms with Gasteiger partial charge in [0.15, 0.2) is 5.16 Å². The molecular weight excluding hydrogens is 406 g/mol. The largest absolute Gasteiger partial charge is 0.376 e. The van der Waals surface area contributed by atoms with Crippen LogP contribution in [0.4, 0.5) is 0 Å². The van der Waals surface area contributed by atoms with Crippen molar-refractivity contribution in [1.82, 2.24) is 14.9 Å². The van der Waals surface area contributed by atoms with Crippen molar-refractivity contribution in [2.24, 2.45) is 0 Å². The summed E-state index contributed by atoms with van der Waals surface area (Å²) >= 11 is 7.64. The lowest BCUT2D eigenvalue weighted by Gasteiger charge is -2.15. The number of amides is 1. The first-order chi connectivity index (χ1) is 14.1.